The van der Waals surface area contributed by atoms with E-state index in [9.17, 15) is 14.0 Å². The molecule has 1 atom stereocenters. The summed E-state index contributed by atoms with van der Waals surface area (Å²) in [7, 11) is 0. The fraction of sp³-hybridized carbons (Fsp3) is 0.304. The number of carbonyl (C=O) groups excluding carboxylic acids is 2. The van der Waals surface area contributed by atoms with Gasteiger partial charge in [0.2, 0.25) is 11.8 Å². The third-order valence-electron chi connectivity index (χ3n) is 5.32. The van der Waals surface area contributed by atoms with E-state index in [0.29, 0.717) is 25.5 Å². The Kier molecular flexibility index (Phi) is 6.44. The predicted molar refractivity (Wildman–Crippen MR) is 114 cm³/mol. The Morgan fingerprint density at radius 3 is 2.53 bits per heavy atom. The second-order valence-electron chi connectivity index (χ2n) is 7.87. The molecule has 2 heterocycles. The highest BCUT2D eigenvalue weighted by molar-refractivity contribution is 5.79. The lowest BCUT2D eigenvalue weighted by atomic mass is 10.1. The van der Waals surface area contributed by atoms with Gasteiger partial charge in [0.1, 0.15) is 5.82 Å². The van der Waals surface area contributed by atoms with Crippen molar-refractivity contribution in [1.29, 1.82) is 0 Å². The number of halogens is 1. The summed E-state index contributed by atoms with van der Waals surface area (Å²) in [6, 6.07) is 13.6. The van der Waals surface area contributed by atoms with Crippen molar-refractivity contribution in [1.82, 2.24) is 25.7 Å². The molecule has 3 aromatic rings. The molecule has 1 aromatic heterocycles. The van der Waals surface area contributed by atoms with Crippen LogP contribution in [-0.4, -0.2) is 33.5 Å². The van der Waals surface area contributed by atoms with Crippen molar-refractivity contribution in [3.63, 3.8) is 0 Å². The summed E-state index contributed by atoms with van der Waals surface area (Å²) in [6.07, 6.45) is 0.282. The van der Waals surface area contributed by atoms with Crippen molar-refractivity contribution in [2.45, 2.75) is 38.9 Å². The lowest BCUT2D eigenvalue weighted by molar-refractivity contribution is -0.128. The van der Waals surface area contributed by atoms with E-state index in [-0.39, 0.29) is 42.5 Å². The van der Waals surface area contributed by atoms with E-state index in [1.165, 1.54) is 12.1 Å². The van der Waals surface area contributed by atoms with Gasteiger partial charge in [-0.05, 0) is 30.2 Å². The van der Waals surface area contributed by atoms with Gasteiger partial charge in [0.25, 0.3) is 0 Å². The van der Waals surface area contributed by atoms with E-state index in [0.717, 1.165) is 16.7 Å². The Morgan fingerprint density at radius 2 is 1.78 bits per heavy atom. The van der Waals surface area contributed by atoms with Crippen LogP contribution in [0.2, 0.25) is 0 Å². The molecule has 1 aliphatic rings. The maximum absolute atomic E-state index is 13.1. The van der Waals surface area contributed by atoms with Gasteiger partial charge in [0.15, 0.2) is 5.82 Å². The van der Waals surface area contributed by atoms with E-state index in [2.05, 4.69) is 20.8 Å². The van der Waals surface area contributed by atoms with Crippen LogP contribution in [0.15, 0.2) is 53.1 Å². The SMILES string of the molecule is Cc1ccc(CNC(=O)NCc2nc([C@H]3CC(=O)N(Cc4ccc(F)cc4)C3)no2)cc1. The number of aromatic nitrogens is 2. The highest BCUT2D eigenvalue weighted by atomic mass is 19.1. The molecular weight excluding hydrogens is 413 g/mol. The molecule has 0 radical (unpaired) electrons. The van der Waals surface area contributed by atoms with Gasteiger partial charge >= 0.3 is 6.03 Å². The highest BCUT2D eigenvalue weighted by Crippen LogP contribution is 2.27. The molecular formula is C23H24FN5O3. The summed E-state index contributed by atoms with van der Waals surface area (Å²) in [5, 5.41) is 9.44. The Labute approximate surface area is 184 Å². The van der Waals surface area contributed by atoms with Crippen LogP contribution in [0.4, 0.5) is 9.18 Å². The highest BCUT2D eigenvalue weighted by Gasteiger charge is 2.33. The number of aryl methyl sites for hydroxylation is 1. The normalized spacial score (nSPS) is 15.8. The topological polar surface area (TPSA) is 100 Å². The molecule has 2 aromatic carbocycles. The summed E-state index contributed by atoms with van der Waals surface area (Å²) in [5.74, 6) is 0.206. The van der Waals surface area contributed by atoms with Gasteiger partial charge in [-0.25, -0.2) is 9.18 Å². The Morgan fingerprint density at radius 1 is 1.09 bits per heavy atom. The fourth-order valence-electron chi connectivity index (χ4n) is 3.52. The first kappa shape index (κ1) is 21.5. The summed E-state index contributed by atoms with van der Waals surface area (Å²) >= 11 is 0. The van der Waals surface area contributed by atoms with Crippen LogP contribution in [0.5, 0.6) is 0 Å². The molecule has 1 saturated heterocycles. The van der Waals surface area contributed by atoms with Gasteiger partial charge < -0.3 is 20.1 Å². The number of urea groups is 1. The minimum atomic E-state index is -0.341. The molecule has 9 heteroatoms. The second-order valence-corrected chi connectivity index (χ2v) is 7.87. The molecule has 2 N–H and O–H groups in total. The largest absolute Gasteiger partial charge is 0.338 e. The van der Waals surface area contributed by atoms with Gasteiger partial charge in [-0.1, -0.05) is 47.1 Å². The van der Waals surface area contributed by atoms with Gasteiger partial charge in [-0.3, -0.25) is 4.79 Å². The standard InChI is InChI=1S/C23H24FN5O3/c1-15-2-4-16(5-3-15)11-25-23(31)26-12-20-27-22(28-32-20)18-10-21(30)29(14-18)13-17-6-8-19(24)9-7-17/h2-9,18H,10-14H2,1H3,(H2,25,26,31)/t18-/m0/s1. The number of rotatable bonds is 7. The van der Waals surface area contributed by atoms with Crippen molar-refractivity contribution in [3.8, 4) is 0 Å². The zero-order chi connectivity index (χ0) is 22.5. The van der Waals surface area contributed by atoms with Crippen LogP contribution >= 0.6 is 0 Å². The predicted octanol–water partition coefficient (Wildman–Crippen LogP) is 3.03. The monoisotopic (exact) mass is 437 g/mol. The van der Waals surface area contributed by atoms with Gasteiger partial charge in [-0.2, -0.15) is 4.98 Å². The Bertz CT molecular complexity index is 1080. The lowest BCUT2D eigenvalue weighted by Gasteiger charge is -2.16. The smallest absolute Gasteiger partial charge is 0.315 e. The van der Waals surface area contributed by atoms with E-state index in [1.807, 2.05) is 31.2 Å². The van der Waals surface area contributed by atoms with Crippen LogP contribution in [-0.2, 0) is 24.4 Å². The summed E-state index contributed by atoms with van der Waals surface area (Å²) in [6.45, 7) is 3.37. The number of hydrogen-bond acceptors (Lipinski definition) is 5. The van der Waals surface area contributed by atoms with E-state index in [1.54, 1.807) is 17.0 Å². The molecule has 0 spiro atoms. The van der Waals surface area contributed by atoms with Crippen LogP contribution in [0.25, 0.3) is 0 Å². The van der Waals surface area contributed by atoms with Crippen LogP contribution in [0, 0.1) is 12.7 Å². The quantitative estimate of drug-likeness (QED) is 0.592. The molecule has 0 aliphatic carbocycles. The van der Waals surface area contributed by atoms with Crippen LogP contribution in [0.3, 0.4) is 0 Å². The zero-order valence-electron chi connectivity index (χ0n) is 17.7. The molecule has 0 unspecified atom stereocenters. The molecule has 0 saturated carbocycles. The maximum Gasteiger partial charge on any atom is 0.315 e. The molecule has 1 fully saturated rings. The molecule has 1 aliphatic heterocycles. The third-order valence-corrected chi connectivity index (χ3v) is 5.32. The zero-order valence-corrected chi connectivity index (χ0v) is 17.7. The number of likely N-dealkylation sites (tertiary alicyclic amines) is 1. The van der Waals surface area contributed by atoms with Crippen molar-refractivity contribution >= 4 is 11.9 Å². The molecule has 3 amide bonds. The van der Waals surface area contributed by atoms with Gasteiger partial charge in [0.05, 0.1) is 6.54 Å². The van der Waals surface area contributed by atoms with E-state index in [4.69, 9.17) is 4.52 Å². The van der Waals surface area contributed by atoms with Crippen molar-refractivity contribution in [2.75, 3.05) is 6.54 Å². The number of nitrogens with one attached hydrogen (secondary N) is 2. The van der Waals surface area contributed by atoms with Crippen LogP contribution in [0.1, 0.15) is 40.7 Å². The first-order valence-electron chi connectivity index (χ1n) is 10.4. The summed E-state index contributed by atoms with van der Waals surface area (Å²) in [5.41, 5.74) is 3.02. The Hall–Kier alpha value is -3.75. The number of amides is 3. The van der Waals surface area contributed by atoms with Gasteiger partial charge in [-0.15, -0.1) is 0 Å². The number of hydrogen-bond donors (Lipinski definition) is 2. The maximum atomic E-state index is 13.1. The average molecular weight is 437 g/mol. The minimum absolute atomic E-state index is 0.0146. The first-order valence-corrected chi connectivity index (χ1v) is 10.4. The molecule has 32 heavy (non-hydrogen) atoms. The minimum Gasteiger partial charge on any atom is -0.338 e. The van der Waals surface area contributed by atoms with Crippen molar-refractivity contribution < 1.29 is 18.5 Å². The van der Waals surface area contributed by atoms with Crippen LogP contribution < -0.4 is 10.6 Å². The van der Waals surface area contributed by atoms with Crippen molar-refractivity contribution in [2.24, 2.45) is 0 Å². The number of benzene rings is 2. The lowest BCUT2D eigenvalue weighted by Crippen LogP contribution is -2.34. The summed E-state index contributed by atoms with van der Waals surface area (Å²) < 4.78 is 18.3. The van der Waals surface area contributed by atoms with E-state index < -0.39 is 0 Å². The molecule has 4 rings (SSSR count). The molecule has 0 bridgehead atoms. The fourth-order valence-corrected chi connectivity index (χ4v) is 3.52. The number of carbonyl (C=O) groups is 2. The molecule has 166 valence electrons. The van der Waals surface area contributed by atoms with E-state index >= 15 is 0 Å². The number of nitrogens with zero attached hydrogens (tertiary/aromatic N) is 3. The Balaban J connectivity index is 1.25. The second kappa shape index (κ2) is 9.59. The van der Waals surface area contributed by atoms with Crippen molar-refractivity contribution in [3.05, 3.63) is 82.8 Å². The average Bonchev–Trinajstić information content (AvgIpc) is 3.40. The first-order chi connectivity index (χ1) is 15.5. The summed E-state index contributed by atoms with van der Waals surface area (Å²) in [4.78, 5) is 30.4. The van der Waals surface area contributed by atoms with Gasteiger partial charge in [0, 0.05) is 32.0 Å². The molecule has 8 nitrogen and oxygen atoms in total. The third kappa shape index (κ3) is 5.48.